The van der Waals surface area contributed by atoms with Gasteiger partial charge in [-0.25, -0.2) is 4.79 Å². The summed E-state index contributed by atoms with van der Waals surface area (Å²) < 4.78 is 33.9. The number of anilines is 1. The van der Waals surface area contributed by atoms with E-state index in [0.717, 1.165) is 31.4 Å². The molecule has 1 aromatic rings. The van der Waals surface area contributed by atoms with Gasteiger partial charge in [-0.2, -0.15) is 8.78 Å². The van der Waals surface area contributed by atoms with Crippen LogP contribution >= 0.6 is 0 Å². The Morgan fingerprint density at radius 3 is 2.16 bits per heavy atom. The van der Waals surface area contributed by atoms with Crippen LogP contribution in [0.5, 0.6) is 5.75 Å². The third kappa shape index (κ3) is 7.15. The molecule has 0 bridgehead atoms. The topological polar surface area (TPSA) is 59.6 Å². The van der Waals surface area contributed by atoms with Gasteiger partial charge in [0.1, 0.15) is 11.4 Å². The van der Waals surface area contributed by atoms with Crippen molar-refractivity contribution in [2.75, 3.05) is 5.32 Å². The van der Waals surface area contributed by atoms with Gasteiger partial charge >= 0.3 is 12.7 Å². The van der Waals surface area contributed by atoms with Gasteiger partial charge in [-0.1, -0.05) is 0 Å². The second-order valence-electron chi connectivity index (χ2n) is 7.24. The van der Waals surface area contributed by atoms with Crippen LogP contribution in [0.3, 0.4) is 0 Å². The number of hydrogen-bond donors (Lipinski definition) is 2. The zero-order valence-electron chi connectivity index (χ0n) is 14.9. The highest BCUT2D eigenvalue weighted by Gasteiger charge is 2.24. The van der Waals surface area contributed by atoms with Crippen molar-refractivity contribution in [3.63, 3.8) is 0 Å². The minimum absolute atomic E-state index is 0.120. The Balaban J connectivity index is 1.74. The average Bonchev–Trinajstić information content (AvgIpc) is 2.49. The molecule has 2 rings (SSSR count). The van der Waals surface area contributed by atoms with Crippen molar-refractivity contribution in [2.24, 2.45) is 0 Å². The van der Waals surface area contributed by atoms with E-state index in [1.165, 1.54) is 12.1 Å². The normalized spacial score (nSPS) is 20.9. The number of hydrogen-bond acceptors (Lipinski definition) is 4. The molecule has 1 amide bonds. The minimum Gasteiger partial charge on any atom is -0.444 e. The first-order valence-electron chi connectivity index (χ1n) is 8.52. The molecule has 1 saturated carbocycles. The van der Waals surface area contributed by atoms with E-state index in [0.29, 0.717) is 6.04 Å². The van der Waals surface area contributed by atoms with Crippen molar-refractivity contribution >= 4 is 11.8 Å². The Morgan fingerprint density at radius 2 is 1.64 bits per heavy atom. The Kier molecular flexibility index (Phi) is 6.45. The van der Waals surface area contributed by atoms with E-state index >= 15 is 0 Å². The van der Waals surface area contributed by atoms with Gasteiger partial charge in [0.2, 0.25) is 0 Å². The lowest BCUT2D eigenvalue weighted by Crippen LogP contribution is -2.42. The molecule has 1 aliphatic carbocycles. The van der Waals surface area contributed by atoms with Gasteiger partial charge in [0.25, 0.3) is 0 Å². The summed E-state index contributed by atoms with van der Waals surface area (Å²) in [5.74, 6) is 0.144. The van der Waals surface area contributed by atoms with Gasteiger partial charge in [-0.05, 0) is 70.7 Å². The summed E-state index contributed by atoms with van der Waals surface area (Å²) in [7, 11) is 0. The summed E-state index contributed by atoms with van der Waals surface area (Å²) in [6.07, 6.45) is 3.18. The molecule has 0 atom stereocenters. The van der Waals surface area contributed by atoms with E-state index in [2.05, 4.69) is 15.4 Å². The van der Waals surface area contributed by atoms with Crippen molar-refractivity contribution in [2.45, 2.75) is 70.8 Å². The Bertz CT molecular complexity index is 550. The molecule has 0 spiro atoms. The summed E-state index contributed by atoms with van der Waals surface area (Å²) in [5, 5.41) is 6.30. The summed E-state index contributed by atoms with van der Waals surface area (Å²) in [5.41, 5.74) is 0.369. The van der Waals surface area contributed by atoms with E-state index in [1.54, 1.807) is 12.1 Å². The molecule has 7 heteroatoms. The lowest BCUT2D eigenvalue weighted by Gasteiger charge is -2.31. The average molecular weight is 356 g/mol. The fourth-order valence-electron chi connectivity index (χ4n) is 2.82. The first kappa shape index (κ1) is 19.3. The van der Waals surface area contributed by atoms with Gasteiger partial charge in [0.05, 0.1) is 0 Å². The lowest BCUT2D eigenvalue weighted by molar-refractivity contribution is -0.0498. The highest BCUT2D eigenvalue weighted by Crippen LogP contribution is 2.24. The number of halogens is 2. The second kappa shape index (κ2) is 8.36. The Labute approximate surface area is 147 Å². The van der Waals surface area contributed by atoms with Crippen LogP contribution in [-0.2, 0) is 4.74 Å². The Hall–Kier alpha value is -2.05. The molecule has 1 fully saturated rings. The van der Waals surface area contributed by atoms with Gasteiger partial charge < -0.3 is 20.1 Å². The number of ether oxygens (including phenoxy) is 2. The monoisotopic (exact) mass is 356 g/mol. The fraction of sp³-hybridized carbons (Fsp3) is 0.611. The van der Waals surface area contributed by atoms with Crippen molar-refractivity contribution in [3.05, 3.63) is 24.3 Å². The second-order valence-corrected chi connectivity index (χ2v) is 7.24. The van der Waals surface area contributed by atoms with Crippen molar-refractivity contribution in [1.29, 1.82) is 0 Å². The first-order valence-corrected chi connectivity index (χ1v) is 8.52. The third-order valence-electron chi connectivity index (χ3n) is 3.90. The third-order valence-corrected chi connectivity index (χ3v) is 3.90. The molecule has 0 unspecified atom stereocenters. The smallest absolute Gasteiger partial charge is 0.407 e. The van der Waals surface area contributed by atoms with Crippen LogP contribution in [0.4, 0.5) is 19.3 Å². The van der Waals surface area contributed by atoms with Crippen LogP contribution in [0.15, 0.2) is 24.3 Å². The number of nitrogens with one attached hydrogen (secondary N) is 2. The number of alkyl carbamates (subject to hydrolysis) is 1. The van der Waals surface area contributed by atoms with Crippen LogP contribution < -0.4 is 15.4 Å². The number of rotatable bonds is 5. The number of carbonyl (C=O) groups excluding carboxylic acids is 1. The van der Waals surface area contributed by atoms with E-state index < -0.39 is 12.2 Å². The first-order chi connectivity index (χ1) is 11.7. The van der Waals surface area contributed by atoms with Gasteiger partial charge in [0, 0.05) is 17.8 Å². The van der Waals surface area contributed by atoms with Gasteiger partial charge in [-0.3, -0.25) is 0 Å². The van der Waals surface area contributed by atoms with E-state index in [4.69, 9.17) is 4.74 Å². The molecule has 2 N–H and O–H groups in total. The van der Waals surface area contributed by atoms with Crippen LogP contribution in [-0.4, -0.2) is 30.4 Å². The quantitative estimate of drug-likeness (QED) is 0.813. The maximum absolute atomic E-state index is 12.1. The predicted octanol–water partition coefficient (Wildman–Crippen LogP) is 4.54. The minimum atomic E-state index is -2.81. The molecule has 0 radical (unpaired) electrons. The Morgan fingerprint density at radius 1 is 1.08 bits per heavy atom. The van der Waals surface area contributed by atoms with Crippen LogP contribution in [0.2, 0.25) is 0 Å². The van der Waals surface area contributed by atoms with E-state index in [-0.39, 0.29) is 17.9 Å². The molecular formula is C18H26F2N2O3. The van der Waals surface area contributed by atoms with E-state index in [1.807, 2.05) is 20.8 Å². The zero-order chi connectivity index (χ0) is 18.4. The maximum atomic E-state index is 12.1. The number of carbonyl (C=O) groups is 1. The fourth-order valence-corrected chi connectivity index (χ4v) is 2.82. The summed E-state index contributed by atoms with van der Waals surface area (Å²) in [6.45, 7) is 2.70. The molecule has 0 saturated heterocycles. The molecule has 5 nitrogen and oxygen atoms in total. The van der Waals surface area contributed by atoms with Crippen LogP contribution in [0, 0.1) is 0 Å². The molecule has 1 aromatic carbocycles. The number of benzene rings is 1. The summed E-state index contributed by atoms with van der Waals surface area (Å²) in [4.78, 5) is 11.8. The van der Waals surface area contributed by atoms with Crippen molar-refractivity contribution in [3.8, 4) is 5.75 Å². The lowest BCUT2D eigenvalue weighted by atomic mass is 9.91. The number of alkyl halides is 2. The van der Waals surface area contributed by atoms with Crippen LogP contribution in [0.25, 0.3) is 0 Å². The summed E-state index contributed by atoms with van der Waals surface area (Å²) in [6, 6.07) is 6.90. The molecule has 0 heterocycles. The van der Waals surface area contributed by atoms with Gasteiger partial charge in [-0.15, -0.1) is 0 Å². The highest BCUT2D eigenvalue weighted by atomic mass is 19.3. The standard InChI is InChI=1S/C18H26F2N2O3/c1-18(2,3)25-17(23)22-14-6-4-12(5-7-14)21-13-8-10-15(11-9-13)24-16(19)20/h8-12,14,16,21H,4-7H2,1-3H3,(H,22,23). The molecule has 1 aliphatic rings. The van der Waals surface area contributed by atoms with Crippen LogP contribution in [0.1, 0.15) is 46.5 Å². The molecule has 0 aromatic heterocycles. The zero-order valence-corrected chi connectivity index (χ0v) is 14.9. The van der Waals surface area contributed by atoms with E-state index in [9.17, 15) is 13.6 Å². The van der Waals surface area contributed by atoms with Crippen molar-refractivity contribution < 1.29 is 23.0 Å². The SMILES string of the molecule is CC(C)(C)OC(=O)NC1CCC(Nc2ccc(OC(F)F)cc2)CC1. The predicted molar refractivity (Wildman–Crippen MR) is 92.1 cm³/mol. The highest BCUT2D eigenvalue weighted by molar-refractivity contribution is 5.68. The largest absolute Gasteiger partial charge is 0.444 e. The molecule has 0 aliphatic heterocycles. The molecule has 25 heavy (non-hydrogen) atoms. The van der Waals surface area contributed by atoms with Crippen molar-refractivity contribution in [1.82, 2.24) is 5.32 Å². The molecule has 140 valence electrons. The summed E-state index contributed by atoms with van der Waals surface area (Å²) >= 11 is 0. The molecular weight excluding hydrogens is 330 g/mol. The van der Waals surface area contributed by atoms with Gasteiger partial charge in [0.15, 0.2) is 0 Å². The number of amides is 1. The maximum Gasteiger partial charge on any atom is 0.407 e.